The standard InChI is InChI=1S/C15H21N3O2/c1-16-6-4-7-17-13-5-8-18-15-12(13)9-11(19-2)10-14(15)20-3/h5,8-10,16H,4,6-7H2,1-3H3,(H,17,18). The highest BCUT2D eigenvalue weighted by Crippen LogP contribution is 2.33. The number of ether oxygens (including phenoxy) is 2. The van der Waals surface area contributed by atoms with Gasteiger partial charge in [0.2, 0.25) is 0 Å². The first kappa shape index (κ1) is 14.4. The summed E-state index contributed by atoms with van der Waals surface area (Å²) >= 11 is 0. The smallest absolute Gasteiger partial charge is 0.148 e. The second-order valence-corrected chi connectivity index (χ2v) is 4.47. The minimum Gasteiger partial charge on any atom is -0.497 e. The van der Waals surface area contributed by atoms with Crippen LogP contribution in [0, 0.1) is 0 Å². The van der Waals surface area contributed by atoms with Crippen LogP contribution in [0.4, 0.5) is 5.69 Å². The van der Waals surface area contributed by atoms with E-state index in [-0.39, 0.29) is 0 Å². The van der Waals surface area contributed by atoms with Gasteiger partial charge in [-0.1, -0.05) is 0 Å². The van der Waals surface area contributed by atoms with Crippen molar-refractivity contribution in [1.29, 1.82) is 0 Å². The average Bonchev–Trinajstić information content (AvgIpc) is 2.50. The Morgan fingerprint density at radius 3 is 2.70 bits per heavy atom. The first-order valence-corrected chi connectivity index (χ1v) is 6.69. The summed E-state index contributed by atoms with van der Waals surface area (Å²) in [6, 6.07) is 5.80. The predicted molar refractivity (Wildman–Crippen MR) is 81.9 cm³/mol. The molecule has 0 aliphatic heterocycles. The highest BCUT2D eigenvalue weighted by atomic mass is 16.5. The monoisotopic (exact) mass is 275 g/mol. The van der Waals surface area contributed by atoms with E-state index in [9.17, 15) is 0 Å². The lowest BCUT2D eigenvalue weighted by Crippen LogP contribution is -2.13. The summed E-state index contributed by atoms with van der Waals surface area (Å²) in [5, 5.41) is 7.58. The van der Waals surface area contributed by atoms with Gasteiger partial charge in [-0.05, 0) is 32.1 Å². The number of anilines is 1. The molecule has 0 atom stereocenters. The van der Waals surface area contributed by atoms with E-state index in [0.29, 0.717) is 0 Å². The summed E-state index contributed by atoms with van der Waals surface area (Å²) in [6.07, 6.45) is 2.85. The van der Waals surface area contributed by atoms with Crippen molar-refractivity contribution >= 4 is 16.6 Å². The van der Waals surface area contributed by atoms with Crippen molar-refractivity contribution in [2.75, 3.05) is 39.7 Å². The molecule has 108 valence electrons. The van der Waals surface area contributed by atoms with Crippen LogP contribution in [-0.2, 0) is 0 Å². The van der Waals surface area contributed by atoms with Gasteiger partial charge in [0.25, 0.3) is 0 Å². The second kappa shape index (κ2) is 6.96. The maximum absolute atomic E-state index is 5.39. The van der Waals surface area contributed by atoms with E-state index < -0.39 is 0 Å². The van der Waals surface area contributed by atoms with Gasteiger partial charge in [0.1, 0.15) is 17.0 Å². The van der Waals surface area contributed by atoms with Gasteiger partial charge in [-0.15, -0.1) is 0 Å². The number of pyridine rings is 1. The molecule has 5 nitrogen and oxygen atoms in total. The summed E-state index contributed by atoms with van der Waals surface area (Å²) < 4.78 is 10.7. The number of aromatic nitrogens is 1. The van der Waals surface area contributed by atoms with Crippen LogP contribution in [0.5, 0.6) is 11.5 Å². The highest BCUT2D eigenvalue weighted by Gasteiger charge is 2.09. The molecule has 20 heavy (non-hydrogen) atoms. The van der Waals surface area contributed by atoms with Gasteiger partial charge >= 0.3 is 0 Å². The van der Waals surface area contributed by atoms with Crippen molar-refractivity contribution in [2.24, 2.45) is 0 Å². The zero-order valence-electron chi connectivity index (χ0n) is 12.2. The molecular weight excluding hydrogens is 254 g/mol. The highest BCUT2D eigenvalue weighted by molar-refractivity contribution is 5.95. The summed E-state index contributed by atoms with van der Waals surface area (Å²) in [6.45, 7) is 1.89. The fourth-order valence-electron chi connectivity index (χ4n) is 2.11. The zero-order valence-corrected chi connectivity index (χ0v) is 12.2. The Balaban J connectivity index is 2.34. The molecule has 0 unspecified atom stereocenters. The third-order valence-electron chi connectivity index (χ3n) is 3.16. The molecule has 1 heterocycles. The zero-order chi connectivity index (χ0) is 14.4. The van der Waals surface area contributed by atoms with Gasteiger partial charge in [0.15, 0.2) is 0 Å². The molecule has 1 aromatic heterocycles. The molecule has 0 aliphatic rings. The molecule has 2 N–H and O–H groups in total. The quantitative estimate of drug-likeness (QED) is 0.759. The maximum atomic E-state index is 5.39. The van der Waals surface area contributed by atoms with Gasteiger partial charge in [-0.25, -0.2) is 0 Å². The number of fused-ring (bicyclic) bond motifs is 1. The molecule has 5 heteroatoms. The van der Waals surface area contributed by atoms with Crippen molar-refractivity contribution in [3.63, 3.8) is 0 Å². The van der Waals surface area contributed by atoms with Crippen LogP contribution in [0.25, 0.3) is 10.9 Å². The van der Waals surface area contributed by atoms with E-state index in [1.165, 1.54) is 0 Å². The first-order valence-electron chi connectivity index (χ1n) is 6.69. The fourth-order valence-corrected chi connectivity index (χ4v) is 2.11. The third kappa shape index (κ3) is 3.11. The van der Waals surface area contributed by atoms with Crippen molar-refractivity contribution in [2.45, 2.75) is 6.42 Å². The fraction of sp³-hybridized carbons (Fsp3) is 0.400. The number of nitrogens with zero attached hydrogens (tertiary/aromatic N) is 1. The number of hydrogen-bond donors (Lipinski definition) is 2. The average molecular weight is 275 g/mol. The Morgan fingerprint density at radius 1 is 1.15 bits per heavy atom. The summed E-state index contributed by atoms with van der Waals surface area (Å²) in [4.78, 5) is 4.40. The Morgan fingerprint density at radius 2 is 2.00 bits per heavy atom. The largest absolute Gasteiger partial charge is 0.497 e. The van der Waals surface area contributed by atoms with Crippen molar-refractivity contribution in [3.8, 4) is 11.5 Å². The number of hydrogen-bond acceptors (Lipinski definition) is 5. The van der Waals surface area contributed by atoms with E-state index in [1.54, 1.807) is 20.4 Å². The van der Waals surface area contributed by atoms with E-state index in [0.717, 1.165) is 47.6 Å². The minimum atomic E-state index is 0.721. The first-order chi connectivity index (χ1) is 9.80. The van der Waals surface area contributed by atoms with Crippen LogP contribution in [0.15, 0.2) is 24.4 Å². The number of rotatable bonds is 7. The minimum absolute atomic E-state index is 0.721. The molecule has 0 saturated carbocycles. The number of methoxy groups -OCH3 is 2. The van der Waals surface area contributed by atoms with Crippen LogP contribution < -0.4 is 20.1 Å². The van der Waals surface area contributed by atoms with Crippen LogP contribution in [0.2, 0.25) is 0 Å². The molecule has 2 aromatic rings. The normalized spacial score (nSPS) is 10.6. The molecule has 2 rings (SSSR count). The van der Waals surface area contributed by atoms with E-state index in [1.807, 2.05) is 25.2 Å². The summed E-state index contributed by atoms with van der Waals surface area (Å²) in [5.74, 6) is 1.49. The van der Waals surface area contributed by atoms with Gasteiger partial charge in [0.05, 0.1) is 14.2 Å². The molecule has 1 aromatic carbocycles. The summed E-state index contributed by atoms with van der Waals surface area (Å²) in [7, 11) is 5.25. The Kier molecular flexibility index (Phi) is 5.01. The molecule has 0 amide bonds. The van der Waals surface area contributed by atoms with Gasteiger partial charge in [-0.3, -0.25) is 4.98 Å². The third-order valence-corrected chi connectivity index (χ3v) is 3.16. The Hall–Kier alpha value is -2.01. The molecular formula is C15H21N3O2. The Bertz CT molecular complexity index is 572. The SMILES string of the molecule is CNCCCNc1ccnc2c(OC)cc(OC)cc12. The maximum Gasteiger partial charge on any atom is 0.148 e. The van der Waals surface area contributed by atoms with Crippen molar-refractivity contribution in [1.82, 2.24) is 10.3 Å². The molecule has 0 aliphatic carbocycles. The van der Waals surface area contributed by atoms with Crippen molar-refractivity contribution in [3.05, 3.63) is 24.4 Å². The molecule has 0 fully saturated rings. The molecule has 0 spiro atoms. The Labute approximate surface area is 119 Å². The lowest BCUT2D eigenvalue weighted by molar-refractivity contribution is 0.397. The van der Waals surface area contributed by atoms with Crippen LogP contribution in [0.3, 0.4) is 0 Å². The summed E-state index contributed by atoms with van der Waals surface area (Å²) in [5.41, 5.74) is 1.88. The molecule has 0 radical (unpaired) electrons. The predicted octanol–water partition coefficient (Wildman–Crippen LogP) is 2.27. The van der Waals surface area contributed by atoms with Crippen molar-refractivity contribution < 1.29 is 9.47 Å². The molecule has 0 bridgehead atoms. The molecule has 0 saturated heterocycles. The van der Waals surface area contributed by atoms with Gasteiger partial charge in [0, 0.05) is 29.9 Å². The lowest BCUT2D eigenvalue weighted by atomic mass is 10.1. The second-order valence-electron chi connectivity index (χ2n) is 4.47. The van der Waals surface area contributed by atoms with Crippen LogP contribution in [0.1, 0.15) is 6.42 Å². The number of benzene rings is 1. The lowest BCUT2D eigenvalue weighted by Gasteiger charge is -2.12. The van der Waals surface area contributed by atoms with Gasteiger partial charge in [-0.2, -0.15) is 0 Å². The van der Waals surface area contributed by atoms with Crippen LogP contribution >= 0.6 is 0 Å². The van der Waals surface area contributed by atoms with Gasteiger partial charge < -0.3 is 20.1 Å². The van der Waals surface area contributed by atoms with Crippen LogP contribution in [-0.4, -0.2) is 39.3 Å². The van der Waals surface area contributed by atoms with E-state index >= 15 is 0 Å². The number of nitrogens with one attached hydrogen (secondary N) is 2. The van der Waals surface area contributed by atoms with E-state index in [4.69, 9.17) is 9.47 Å². The van der Waals surface area contributed by atoms with E-state index in [2.05, 4.69) is 15.6 Å². The topological polar surface area (TPSA) is 55.4 Å².